The lowest BCUT2D eigenvalue weighted by Gasteiger charge is -2.08. The van der Waals surface area contributed by atoms with Gasteiger partial charge in [-0.2, -0.15) is 0 Å². The van der Waals surface area contributed by atoms with Gasteiger partial charge in [0.2, 0.25) is 0 Å². The summed E-state index contributed by atoms with van der Waals surface area (Å²) in [7, 11) is 0. The van der Waals surface area contributed by atoms with E-state index in [0.717, 1.165) is 6.07 Å². The number of anilines is 1. The fourth-order valence-corrected chi connectivity index (χ4v) is 1.82. The van der Waals surface area contributed by atoms with Crippen molar-refractivity contribution in [2.45, 2.75) is 20.4 Å². The van der Waals surface area contributed by atoms with Crippen molar-refractivity contribution in [1.82, 2.24) is 9.55 Å². The Morgan fingerprint density at radius 1 is 1.33 bits per heavy atom. The minimum Gasteiger partial charge on any atom is -0.383 e. The standard InChI is InChI=1S/C13H15F2N3/c1-8(2)6-18-7-17-12(13(18)16)10-4-3-9(14)5-11(10)15/h3-5,7-8H,6,16H2,1-2H3. The second-order valence-corrected chi connectivity index (χ2v) is 4.65. The summed E-state index contributed by atoms with van der Waals surface area (Å²) >= 11 is 0. The van der Waals surface area contributed by atoms with Crippen molar-refractivity contribution in [3.63, 3.8) is 0 Å². The van der Waals surface area contributed by atoms with Crippen LogP contribution < -0.4 is 5.73 Å². The summed E-state index contributed by atoms with van der Waals surface area (Å²) in [6.45, 7) is 4.82. The number of aromatic nitrogens is 2. The minimum atomic E-state index is -0.656. The molecule has 2 aromatic rings. The molecule has 5 heteroatoms. The van der Waals surface area contributed by atoms with Crippen LogP contribution in [-0.4, -0.2) is 9.55 Å². The lowest BCUT2D eigenvalue weighted by molar-refractivity contribution is 0.527. The van der Waals surface area contributed by atoms with Crippen LogP contribution in [0, 0.1) is 17.6 Å². The van der Waals surface area contributed by atoms with E-state index < -0.39 is 11.6 Å². The number of halogens is 2. The molecule has 0 bridgehead atoms. The third kappa shape index (κ3) is 2.34. The highest BCUT2D eigenvalue weighted by molar-refractivity contribution is 5.70. The SMILES string of the molecule is CC(C)Cn1cnc(-c2ccc(F)cc2F)c1N. The van der Waals surface area contributed by atoms with Gasteiger partial charge in [0.15, 0.2) is 0 Å². The van der Waals surface area contributed by atoms with E-state index in [0.29, 0.717) is 24.0 Å². The molecule has 18 heavy (non-hydrogen) atoms. The van der Waals surface area contributed by atoms with Gasteiger partial charge in [-0.3, -0.25) is 0 Å². The molecular weight excluding hydrogens is 236 g/mol. The first-order chi connectivity index (χ1) is 8.49. The Hall–Kier alpha value is -1.91. The second kappa shape index (κ2) is 4.76. The molecule has 1 aromatic heterocycles. The molecule has 0 unspecified atom stereocenters. The molecule has 0 saturated heterocycles. The van der Waals surface area contributed by atoms with E-state index >= 15 is 0 Å². The first-order valence-corrected chi connectivity index (χ1v) is 5.75. The molecule has 0 fully saturated rings. The third-order valence-electron chi connectivity index (χ3n) is 2.63. The molecule has 1 aromatic carbocycles. The summed E-state index contributed by atoms with van der Waals surface area (Å²) in [5.41, 5.74) is 6.50. The number of nitrogens with zero attached hydrogens (tertiary/aromatic N) is 2. The summed E-state index contributed by atoms with van der Waals surface area (Å²) in [6, 6.07) is 3.37. The monoisotopic (exact) mass is 251 g/mol. The normalized spacial score (nSPS) is 11.2. The highest BCUT2D eigenvalue weighted by Crippen LogP contribution is 2.27. The van der Waals surface area contributed by atoms with Crippen LogP contribution in [-0.2, 0) is 6.54 Å². The molecular formula is C13H15F2N3. The number of nitrogens with two attached hydrogens (primary N) is 1. The first-order valence-electron chi connectivity index (χ1n) is 5.75. The summed E-state index contributed by atoms with van der Waals surface area (Å²) < 4.78 is 28.3. The Morgan fingerprint density at radius 2 is 2.06 bits per heavy atom. The molecule has 96 valence electrons. The molecule has 0 amide bonds. The molecule has 0 radical (unpaired) electrons. The lowest BCUT2D eigenvalue weighted by Crippen LogP contribution is -2.07. The summed E-state index contributed by atoms with van der Waals surface area (Å²) in [6.07, 6.45) is 1.58. The number of hydrogen-bond donors (Lipinski definition) is 1. The fraction of sp³-hybridized carbons (Fsp3) is 0.308. The maximum absolute atomic E-state index is 13.6. The molecule has 2 N–H and O–H groups in total. The molecule has 3 nitrogen and oxygen atoms in total. The molecule has 2 rings (SSSR count). The van der Waals surface area contributed by atoms with Gasteiger partial charge in [-0.05, 0) is 18.1 Å². The summed E-state index contributed by atoms with van der Waals surface area (Å²) in [5.74, 6) is -0.463. The summed E-state index contributed by atoms with van der Waals surface area (Å²) in [4.78, 5) is 4.11. The second-order valence-electron chi connectivity index (χ2n) is 4.65. The number of imidazole rings is 1. The molecule has 0 aliphatic rings. The molecule has 0 spiro atoms. The highest BCUT2D eigenvalue weighted by Gasteiger charge is 2.14. The zero-order valence-corrected chi connectivity index (χ0v) is 10.3. The van der Waals surface area contributed by atoms with Crippen LogP contribution in [0.15, 0.2) is 24.5 Å². The Balaban J connectivity index is 2.42. The molecule has 0 saturated carbocycles. The van der Waals surface area contributed by atoms with Crippen molar-refractivity contribution in [2.24, 2.45) is 5.92 Å². The Kier molecular flexibility index (Phi) is 3.32. The molecule has 0 aliphatic heterocycles. The average Bonchev–Trinajstić information content (AvgIpc) is 2.60. The number of benzene rings is 1. The number of nitrogen functional groups attached to an aromatic ring is 1. The fourth-order valence-electron chi connectivity index (χ4n) is 1.82. The predicted octanol–water partition coefficient (Wildman–Crippen LogP) is 3.07. The van der Waals surface area contributed by atoms with E-state index in [1.54, 1.807) is 10.9 Å². The largest absolute Gasteiger partial charge is 0.383 e. The van der Waals surface area contributed by atoms with Gasteiger partial charge in [-0.15, -0.1) is 0 Å². The van der Waals surface area contributed by atoms with E-state index in [1.807, 2.05) is 0 Å². The molecule has 0 aliphatic carbocycles. The summed E-state index contributed by atoms with van der Waals surface area (Å²) in [5, 5.41) is 0. The van der Waals surface area contributed by atoms with Gasteiger partial charge in [0.25, 0.3) is 0 Å². The topological polar surface area (TPSA) is 43.8 Å². The van der Waals surface area contributed by atoms with Crippen molar-refractivity contribution >= 4 is 5.82 Å². The van der Waals surface area contributed by atoms with Crippen molar-refractivity contribution in [3.8, 4) is 11.3 Å². The van der Waals surface area contributed by atoms with Gasteiger partial charge in [-0.25, -0.2) is 13.8 Å². The quantitative estimate of drug-likeness (QED) is 0.911. The Morgan fingerprint density at radius 3 is 2.67 bits per heavy atom. The molecule has 1 heterocycles. The van der Waals surface area contributed by atoms with Gasteiger partial charge in [0, 0.05) is 18.2 Å². The van der Waals surface area contributed by atoms with Crippen molar-refractivity contribution < 1.29 is 8.78 Å². The van der Waals surface area contributed by atoms with Crippen LogP contribution in [0.2, 0.25) is 0 Å². The molecule has 0 atom stereocenters. The van der Waals surface area contributed by atoms with E-state index in [-0.39, 0.29) is 5.56 Å². The first kappa shape index (κ1) is 12.5. The van der Waals surface area contributed by atoms with Crippen LogP contribution in [0.4, 0.5) is 14.6 Å². The smallest absolute Gasteiger partial charge is 0.135 e. The van der Waals surface area contributed by atoms with E-state index in [9.17, 15) is 8.78 Å². The Labute approximate surface area is 104 Å². The number of hydrogen-bond acceptors (Lipinski definition) is 2. The van der Waals surface area contributed by atoms with Gasteiger partial charge in [0.05, 0.1) is 6.33 Å². The minimum absolute atomic E-state index is 0.219. The highest BCUT2D eigenvalue weighted by atomic mass is 19.1. The van der Waals surface area contributed by atoms with Crippen LogP contribution >= 0.6 is 0 Å². The average molecular weight is 251 g/mol. The number of rotatable bonds is 3. The van der Waals surface area contributed by atoms with Gasteiger partial charge in [-0.1, -0.05) is 13.8 Å². The van der Waals surface area contributed by atoms with Gasteiger partial charge in [0.1, 0.15) is 23.1 Å². The van der Waals surface area contributed by atoms with Crippen molar-refractivity contribution in [1.29, 1.82) is 0 Å². The van der Waals surface area contributed by atoms with Gasteiger partial charge < -0.3 is 10.3 Å². The van der Waals surface area contributed by atoms with E-state index in [4.69, 9.17) is 5.73 Å². The predicted molar refractivity (Wildman–Crippen MR) is 66.8 cm³/mol. The maximum atomic E-state index is 13.6. The zero-order chi connectivity index (χ0) is 13.3. The third-order valence-corrected chi connectivity index (χ3v) is 2.63. The van der Waals surface area contributed by atoms with Crippen molar-refractivity contribution in [2.75, 3.05) is 5.73 Å². The zero-order valence-electron chi connectivity index (χ0n) is 10.3. The lowest BCUT2D eigenvalue weighted by atomic mass is 10.1. The maximum Gasteiger partial charge on any atom is 0.135 e. The van der Waals surface area contributed by atoms with Crippen LogP contribution in [0.5, 0.6) is 0 Å². The Bertz CT molecular complexity index is 561. The van der Waals surface area contributed by atoms with E-state index in [1.165, 1.54) is 12.1 Å². The van der Waals surface area contributed by atoms with E-state index in [2.05, 4.69) is 18.8 Å². The van der Waals surface area contributed by atoms with Crippen LogP contribution in [0.25, 0.3) is 11.3 Å². The van der Waals surface area contributed by atoms with Crippen LogP contribution in [0.1, 0.15) is 13.8 Å². The van der Waals surface area contributed by atoms with Crippen molar-refractivity contribution in [3.05, 3.63) is 36.2 Å². The van der Waals surface area contributed by atoms with Gasteiger partial charge >= 0.3 is 0 Å². The van der Waals surface area contributed by atoms with Crippen LogP contribution in [0.3, 0.4) is 0 Å².